The molecular formula is C23H22F2N6. The molecule has 3 heterocycles. The van der Waals surface area contributed by atoms with Crippen molar-refractivity contribution in [3.63, 3.8) is 0 Å². The first-order chi connectivity index (χ1) is 15.1. The number of hydrogen-bond donors (Lipinski definition) is 1. The van der Waals surface area contributed by atoms with Crippen LogP contribution in [0.25, 0.3) is 5.69 Å². The van der Waals surface area contributed by atoms with E-state index in [0.29, 0.717) is 23.1 Å². The molecule has 0 saturated heterocycles. The van der Waals surface area contributed by atoms with Crippen molar-refractivity contribution in [2.75, 3.05) is 5.32 Å². The molecule has 1 aliphatic heterocycles. The second-order valence-corrected chi connectivity index (χ2v) is 7.75. The fraction of sp³-hybridized carbons (Fsp3) is 0.261. The maximum atomic E-state index is 14.7. The van der Waals surface area contributed by atoms with Gasteiger partial charge in [-0.15, -0.1) is 5.10 Å². The fourth-order valence-corrected chi connectivity index (χ4v) is 4.12. The summed E-state index contributed by atoms with van der Waals surface area (Å²) in [6, 6.07) is 11.5. The smallest absolute Gasteiger partial charge is 0.246 e. The quantitative estimate of drug-likeness (QED) is 0.498. The number of rotatable bonds is 4. The average molecular weight is 420 g/mol. The predicted molar refractivity (Wildman–Crippen MR) is 114 cm³/mol. The number of anilines is 2. The number of aryl methyl sites for hydroxylation is 2. The number of nitrogens with zero attached hydrogens (tertiary/aromatic N) is 5. The molecule has 1 N–H and O–H groups in total. The van der Waals surface area contributed by atoms with Crippen LogP contribution in [0.15, 0.2) is 54.9 Å². The van der Waals surface area contributed by atoms with E-state index in [1.165, 1.54) is 18.2 Å². The van der Waals surface area contributed by atoms with Gasteiger partial charge in [-0.25, -0.2) is 18.4 Å². The lowest BCUT2D eigenvalue weighted by atomic mass is 9.93. The minimum Gasteiger partial charge on any atom is -0.323 e. The Balaban J connectivity index is 1.42. The van der Waals surface area contributed by atoms with Crippen LogP contribution >= 0.6 is 0 Å². The van der Waals surface area contributed by atoms with Gasteiger partial charge in [-0.05, 0) is 55.7 Å². The molecule has 0 radical (unpaired) electrons. The summed E-state index contributed by atoms with van der Waals surface area (Å²) < 4.78 is 31.7. The van der Waals surface area contributed by atoms with Gasteiger partial charge in [0.25, 0.3) is 0 Å². The third-order valence-corrected chi connectivity index (χ3v) is 5.69. The molecule has 0 aliphatic carbocycles. The molecule has 31 heavy (non-hydrogen) atoms. The van der Waals surface area contributed by atoms with Gasteiger partial charge in [-0.2, -0.15) is 4.98 Å². The van der Waals surface area contributed by atoms with Crippen LogP contribution < -0.4 is 5.32 Å². The monoisotopic (exact) mass is 420 g/mol. The van der Waals surface area contributed by atoms with Gasteiger partial charge in [0.15, 0.2) is 0 Å². The van der Waals surface area contributed by atoms with Gasteiger partial charge in [0, 0.05) is 30.5 Å². The first-order valence-corrected chi connectivity index (χ1v) is 10.4. The molecule has 0 bridgehead atoms. The maximum Gasteiger partial charge on any atom is 0.246 e. The van der Waals surface area contributed by atoms with Crippen molar-refractivity contribution >= 4 is 11.6 Å². The third-order valence-electron chi connectivity index (χ3n) is 5.69. The molecule has 6 nitrogen and oxygen atoms in total. The van der Waals surface area contributed by atoms with Crippen LogP contribution in [0.3, 0.4) is 0 Å². The number of imidazole rings is 1. The molecule has 2 aromatic carbocycles. The van der Waals surface area contributed by atoms with Crippen molar-refractivity contribution in [1.29, 1.82) is 0 Å². The minimum absolute atomic E-state index is 0.0504. The molecule has 8 heteroatoms. The van der Waals surface area contributed by atoms with Gasteiger partial charge in [-0.1, -0.05) is 18.6 Å². The standard InChI is InChI=1S/C23H22F2N6/c1-15-26-11-13-30(15)21-10-9-18(14-20(21)25)27-23-28-22-19(4-2-3-12-31(22)29-23)16-5-7-17(24)8-6-16/h5-11,13-14,19H,2-4,12H2,1H3,(H,27,29)/t19-/m1/s1. The lowest BCUT2D eigenvalue weighted by Crippen LogP contribution is -2.08. The largest absolute Gasteiger partial charge is 0.323 e. The lowest BCUT2D eigenvalue weighted by Gasteiger charge is -2.14. The van der Waals surface area contributed by atoms with Gasteiger partial charge in [-0.3, -0.25) is 0 Å². The van der Waals surface area contributed by atoms with E-state index in [9.17, 15) is 8.78 Å². The van der Waals surface area contributed by atoms with Gasteiger partial charge in [0.2, 0.25) is 5.95 Å². The zero-order chi connectivity index (χ0) is 21.4. The van der Waals surface area contributed by atoms with Gasteiger partial charge in [0.1, 0.15) is 23.3 Å². The van der Waals surface area contributed by atoms with Crippen LogP contribution in [0.4, 0.5) is 20.4 Å². The molecule has 4 aromatic rings. The molecule has 1 atom stereocenters. The van der Waals surface area contributed by atoms with Crippen molar-refractivity contribution in [3.8, 4) is 5.69 Å². The van der Waals surface area contributed by atoms with Crippen molar-refractivity contribution in [3.05, 3.63) is 83.7 Å². The summed E-state index contributed by atoms with van der Waals surface area (Å²) in [5.74, 6) is 1.42. The lowest BCUT2D eigenvalue weighted by molar-refractivity contribution is 0.576. The Morgan fingerprint density at radius 1 is 1.06 bits per heavy atom. The number of aromatic nitrogens is 5. The highest BCUT2D eigenvalue weighted by Gasteiger charge is 2.24. The summed E-state index contributed by atoms with van der Waals surface area (Å²) in [7, 11) is 0. The Hall–Kier alpha value is -3.55. The van der Waals surface area contributed by atoms with E-state index in [4.69, 9.17) is 4.98 Å². The second-order valence-electron chi connectivity index (χ2n) is 7.75. The summed E-state index contributed by atoms with van der Waals surface area (Å²) >= 11 is 0. The highest BCUT2D eigenvalue weighted by Crippen LogP contribution is 2.32. The van der Waals surface area contributed by atoms with E-state index in [-0.39, 0.29) is 17.6 Å². The molecular weight excluding hydrogens is 398 g/mol. The Labute approximate surface area is 178 Å². The zero-order valence-corrected chi connectivity index (χ0v) is 17.1. The minimum atomic E-state index is -0.365. The maximum absolute atomic E-state index is 14.7. The average Bonchev–Trinajstić information content (AvgIpc) is 3.30. The van der Waals surface area contributed by atoms with Crippen molar-refractivity contribution in [2.24, 2.45) is 0 Å². The normalized spacial score (nSPS) is 16.0. The number of fused-ring (bicyclic) bond motifs is 1. The third kappa shape index (κ3) is 3.81. The molecule has 1 aliphatic rings. The van der Waals surface area contributed by atoms with E-state index in [2.05, 4.69) is 15.4 Å². The molecule has 2 aromatic heterocycles. The predicted octanol–water partition coefficient (Wildman–Crippen LogP) is 5.11. The van der Waals surface area contributed by atoms with Crippen LogP contribution in [0, 0.1) is 18.6 Å². The Morgan fingerprint density at radius 3 is 2.65 bits per heavy atom. The molecule has 0 saturated carbocycles. The summed E-state index contributed by atoms with van der Waals surface area (Å²) in [4.78, 5) is 8.85. The van der Waals surface area contributed by atoms with Crippen LogP contribution in [-0.4, -0.2) is 24.3 Å². The van der Waals surface area contributed by atoms with Crippen LogP contribution in [0.5, 0.6) is 0 Å². The highest BCUT2D eigenvalue weighted by molar-refractivity contribution is 5.56. The van der Waals surface area contributed by atoms with Gasteiger partial charge < -0.3 is 9.88 Å². The SMILES string of the molecule is Cc1nccn1-c1ccc(Nc2nc3n(n2)CCCC[C@@H]3c2ccc(F)cc2)cc1F. The molecule has 0 amide bonds. The Morgan fingerprint density at radius 2 is 1.90 bits per heavy atom. The highest BCUT2D eigenvalue weighted by atomic mass is 19.1. The van der Waals surface area contributed by atoms with Gasteiger partial charge in [0.05, 0.1) is 5.69 Å². The molecule has 0 fully saturated rings. The van der Waals surface area contributed by atoms with Crippen LogP contribution in [0.2, 0.25) is 0 Å². The number of halogens is 2. The summed E-state index contributed by atoms with van der Waals surface area (Å²) in [6.07, 6.45) is 6.35. The summed E-state index contributed by atoms with van der Waals surface area (Å²) in [6.45, 7) is 2.60. The van der Waals surface area contributed by atoms with E-state index < -0.39 is 0 Å². The second kappa shape index (κ2) is 7.94. The molecule has 158 valence electrons. The van der Waals surface area contributed by atoms with Crippen molar-refractivity contribution < 1.29 is 8.78 Å². The molecule has 0 unspecified atom stereocenters. The van der Waals surface area contributed by atoms with E-state index >= 15 is 0 Å². The number of benzene rings is 2. The molecule has 5 rings (SSSR count). The van der Waals surface area contributed by atoms with Gasteiger partial charge >= 0.3 is 0 Å². The van der Waals surface area contributed by atoms with Crippen molar-refractivity contribution in [1.82, 2.24) is 24.3 Å². The number of nitrogens with one attached hydrogen (secondary N) is 1. The summed E-state index contributed by atoms with van der Waals surface area (Å²) in [5, 5.41) is 7.72. The molecule has 0 spiro atoms. The zero-order valence-electron chi connectivity index (χ0n) is 17.1. The van der Waals surface area contributed by atoms with E-state index in [1.54, 1.807) is 29.1 Å². The van der Waals surface area contributed by atoms with Crippen LogP contribution in [-0.2, 0) is 6.54 Å². The first-order valence-electron chi connectivity index (χ1n) is 10.4. The Bertz CT molecular complexity index is 1210. The van der Waals surface area contributed by atoms with Crippen molar-refractivity contribution in [2.45, 2.75) is 38.6 Å². The Kier molecular flexibility index (Phi) is 4.97. The van der Waals surface area contributed by atoms with E-state index in [1.807, 2.05) is 23.7 Å². The fourth-order valence-electron chi connectivity index (χ4n) is 4.12. The van der Waals surface area contributed by atoms with Crippen LogP contribution in [0.1, 0.15) is 42.4 Å². The summed E-state index contributed by atoms with van der Waals surface area (Å²) in [5.41, 5.74) is 2.03. The first kappa shape index (κ1) is 19.4. The topological polar surface area (TPSA) is 60.6 Å². The number of hydrogen-bond acceptors (Lipinski definition) is 4. The van der Waals surface area contributed by atoms with E-state index in [0.717, 1.165) is 37.2 Å².